The largest absolute Gasteiger partial charge is 0.399 e. The zero-order valence-corrected chi connectivity index (χ0v) is 11.0. The van der Waals surface area contributed by atoms with Gasteiger partial charge in [-0.3, -0.25) is 0 Å². The Hall–Kier alpha value is -1.83. The van der Waals surface area contributed by atoms with Crippen molar-refractivity contribution < 1.29 is 4.39 Å². The lowest BCUT2D eigenvalue weighted by atomic mass is 9.81. The molecule has 0 saturated heterocycles. The molecule has 1 nitrogen and oxygen atoms in total. The number of anilines is 1. The first-order valence-electron chi connectivity index (χ1n) is 6.04. The Morgan fingerprint density at radius 3 is 2.33 bits per heavy atom. The van der Waals surface area contributed by atoms with Crippen LogP contribution in [0.3, 0.4) is 0 Å². The van der Waals surface area contributed by atoms with Crippen LogP contribution in [0.15, 0.2) is 42.5 Å². The highest BCUT2D eigenvalue weighted by molar-refractivity contribution is 5.72. The quantitative estimate of drug-likeness (QED) is 0.739. The van der Waals surface area contributed by atoms with E-state index in [-0.39, 0.29) is 11.2 Å². The first-order chi connectivity index (χ1) is 8.38. The molecule has 0 bridgehead atoms. The fraction of sp³-hybridized carbons (Fsp3) is 0.250. The van der Waals surface area contributed by atoms with Crippen molar-refractivity contribution in [3.63, 3.8) is 0 Å². The van der Waals surface area contributed by atoms with Crippen molar-refractivity contribution >= 4 is 5.69 Å². The van der Waals surface area contributed by atoms with E-state index in [1.807, 2.05) is 24.3 Å². The van der Waals surface area contributed by atoms with Crippen LogP contribution in [0, 0.1) is 5.82 Å². The molecular weight excluding hydrogens is 225 g/mol. The molecule has 2 aromatic carbocycles. The summed E-state index contributed by atoms with van der Waals surface area (Å²) in [6, 6.07) is 12.5. The van der Waals surface area contributed by atoms with Crippen molar-refractivity contribution in [3.8, 4) is 11.1 Å². The molecule has 0 fully saturated rings. The van der Waals surface area contributed by atoms with Crippen molar-refractivity contribution in [1.82, 2.24) is 0 Å². The molecule has 0 amide bonds. The summed E-state index contributed by atoms with van der Waals surface area (Å²) in [6.45, 7) is 6.42. The standard InChI is InChI=1S/C16H18FN/c1-16(2,3)15-8-7-13(18)10-14(15)11-5-4-6-12(17)9-11/h4-10H,18H2,1-3H3. The lowest BCUT2D eigenvalue weighted by molar-refractivity contribution is 0.591. The number of rotatable bonds is 1. The van der Waals surface area contributed by atoms with Crippen LogP contribution in [0.1, 0.15) is 26.3 Å². The van der Waals surface area contributed by atoms with Gasteiger partial charge in [-0.05, 0) is 46.4 Å². The summed E-state index contributed by atoms with van der Waals surface area (Å²) in [6.07, 6.45) is 0. The summed E-state index contributed by atoms with van der Waals surface area (Å²) in [5, 5.41) is 0. The summed E-state index contributed by atoms with van der Waals surface area (Å²) in [4.78, 5) is 0. The molecule has 0 saturated carbocycles. The molecule has 0 aliphatic carbocycles. The lowest BCUT2D eigenvalue weighted by Gasteiger charge is -2.23. The second kappa shape index (κ2) is 4.45. The van der Waals surface area contributed by atoms with Gasteiger partial charge >= 0.3 is 0 Å². The number of nitrogens with two attached hydrogens (primary N) is 1. The number of halogens is 1. The van der Waals surface area contributed by atoms with Gasteiger partial charge in [0, 0.05) is 5.69 Å². The first-order valence-corrected chi connectivity index (χ1v) is 6.04. The van der Waals surface area contributed by atoms with E-state index in [0.717, 1.165) is 11.1 Å². The van der Waals surface area contributed by atoms with Crippen LogP contribution in [0.2, 0.25) is 0 Å². The van der Waals surface area contributed by atoms with Crippen molar-refractivity contribution in [2.45, 2.75) is 26.2 Å². The molecule has 2 rings (SSSR count). The fourth-order valence-corrected chi connectivity index (χ4v) is 2.11. The molecule has 0 heterocycles. The van der Waals surface area contributed by atoms with Crippen LogP contribution in [0.5, 0.6) is 0 Å². The van der Waals surface area contributed by atoms with Gasteiger partial charge in [0.15, 0.2) is 0 Å². The topological polar surface area (TPSA) is 26.0 Å². The number of hydrogen-bond donors (Lipinski definition) is 1. The molecule has 0 aliphatic rings. The molecule has 2 heteroatoms. The minimum absolute atomic E-state index is 0.00461. The second-order valence-corrected chi connectivity index (χ2v) is 5.57. The van der Waals surface area contributed by atoms with E-state index in [4.69, 9.17) is 5.73 Å². The molecule has 2 aromatic rings. The highest BCUT2D eigenvalue weighted by Crippen LogP contribution is 2.34. The average molecular weight is 243 g/mol. The van der Waals surface area contributed by atoms with Crippen LogP contribution < -0.4 is 5.73 Å². The van der Waals surface area contributed by atoms with Crippen molar-refractivity contribution in [2.75, 3.05) is 5.73 Å². The molecular formula is C16H18FN. The van der Waals surface area contributed by atoms with Gasteiger partial charge in [0.25, 0.3) is 0 Å². The zero-order chi connectivity index (χ0) is 13.3. The SMILES string of the molecule is CC(C)(C)c1ccc(N)cc1-c1cccc(F)c1. The molecule has 0 aliphatic heterocycles. The van der Waals surface area contributed by atoms with Gasteiger partial charge < -0.3 is 5.73 Å². The molecule has 18 heavy (non-hydrogen) atoms. The predicted octanol–water partition coefficient (Wildman–Crippen LogP) is 4.37. The van der Waals surface area contributed by atoms with Crippen LogP contribution in [-0.2, 0) is 5.41 Å². The van der Waals surface area contributed by atoms with Gasteiger partial charge in [-0.2, -0.15) is 0 Å². The summed E-state index contributed by atoms with van der Waals surface area (Å²) >= 11 is 0. The Morgan fingerprint density at radius 2 is 1.72 bits per heavy atom. The number of benzene rings is 2. The van der Waals surface area contributed by atoms with Crippen LogP contribution in [0.4, 0.5) is 10.1 Å². The van der Waals surface area contributed by atoms with Crippen LogP contribution in [0.25, 0.3) is 11.1 Å². The highest BCUT2D eigenvalue weighted by atomic mass is 19.1. The molecule has 94 valence electrons. The molecule has 0 aromatic heterocycles. The van der Waals surface area contributed by atoms with Gasteiger partial charge in [0.2, 0.25) is 0 Å². The van der Waals surface area contributed by atoms with E-state index < -0.39 is 0 Å². The number of hydrogen-bond acceptors (Lipinski definition) is 1. The predicted molar refractivity (Wildman–Crippen MR) is 74.9 cm³/mol. The minimum Gasteiger partial charge on any atom is -0.399 e. The smallest absolute Gasteiger partial charge is 0.123 e. The summed E-state index contributed by atoms with van der Waals surface area (Å²) in [5.41, 5.74) is 9.58. The Bertz CT molecular complexity index is 568. The maximum atomic E-state index is 13.4. The summed E-state index contributed by atoms with van der Waals surface area (Å²) in [7, 11) is 0. The lowest BCUT2D eigenvalue weighted by Crippen LogP contribution is -2.13. The van der Waals surface area contributed by atoms with Crippen molar-refractivity contribution in [1.29, 1.82) is 0 Å². The van der Waals surface area contributed by atoms with Gasteiger partial charge in [-0.15, -0.1) is 0 Å². The third-order valence-electron chi connectivity index (χ3n) is 2.99. The Balaban J connectivity index is 2.66. The normalized spacial score (nSPS) is 11.6. The molecule has 0 unspecified atom stereocenters. The monoisotopic (exact) mass is 243 g/mol. The van der Waals surface area contributed by atoms with Crippen molar-refractivity contribution in [2.24, 2.45) is 0 Å². The Morgan fingerprint density at radius 1 is 1.00 bits per heavy atom. The summed E-state index contributed by atoms with van der Waals surface area (Å²) in [5.74, 6) is -0.227. The van der Waals surface area contributed by atoms with Gasteiger partial charge in [-0.25, -0.2) is 4.39 Å². The maximum absolute atomic E-state index is 13.4. The van der Waals surface area contributed by atoms with Crippen LogP contribution >= 0.6 is 0 Å². The zero-order valence-electron chi connectivity index (χ0n) is 11.0. The maximum Gasteiger partial charge on any atom is 0.123 e. The van der Waals surface area contributed by atoms with Crippen molar-refractivity contribution in [3.05, 3.63) is 53.8 Å². The van der Waals surface area contributed by atoms with E-state index in [1.165, 1.54) is 11.6 Å². The number of nitrogen functional groups attached to an aromatic ring is 1. The highest BCUT2D eigenvalue weighted by Gasteiger charge is 2.18. The Labute approximate surface area is 107 Å². The first kappa shape index (κ1) is 12.6. The van der Waals surface area contributed by atoms with E-state index in [2.05, 4.69) is 20.8 Å². The van der Waals surface area contributed by atoms with Gasteiger partial charge in [0.1, 0.15) is 5.82 Å². The molecule has 0 spiro atoms. The third kappa shape index (κ3) is 2.53. The third-order valence-corrected chi connectivity index (χ3v) is 2.99. The fourth-order valence-electron chi connectivity index (χ4n) is 2.11. The average Bonchev–Trinajstić information content (AvgIpc) is 2.27. The minimum atomic E-state index is -0.227. The van der Waals surface area contributed by atoms with E-state index >= 15 is 0 Å². The Kier molecular flexibility index (Phi) is 3.12. The second-order valence-electron chi connectivity index (χ2n) is 5.57. The summed E-state index contributed by atoms with van der Waals surface area (Å²) < 4.78 is 13.4. The van der Waals surface area contributed by atoms with Gasteiger partial charge in [-0.1, -0.05) is 39.0 Å². The van der Waals surface area contributed by atoms with E-state index in [1.54, 1.807) is 12.1 Å². The van der Waals surface area contributed by atoms with E-state index in [9.17, 15) is 4.39 Å². The van der Waals surface area contributed by atoms with Crippen LogP contribution in [-0.4, -0.2) is 0 Å². The molecule has 2 N–H and O–H groups in total. The molecule has 0 radical (unpaired) electrons. The van der Waals surface area contributed by atoms with Gasteiger partial charge in [0.05, 0.1) is 0 Å². The van der Waals surface area contributed by atoms with E-state index in [0.29, 0.717) is 5.69 Å². The molecule has 0 atom stereocenters.